The molecule has 0 saturated heterocycles. The van der Waals surface area contributed by atoms with E-state index in [1.54, 1.807) is 0 Å². The Labute approximate surface area is 185 Å². The highest BCUT2D eigenvalue weighted by Crippen LogP contribution is 2.29. The molecule has 154 valence electrons. The van der Waals surface area contributed by atoms with Crippen molar-refractivity contribution < 1.29 is 0 Å². The first-order valence-electron chi connectivity index (χ1n) is 10.3. The van der Waals surface area contributed by atoms with E-state index in [1.165, 1.54) is 0 Å². The normalized spacial score (nSPS) is 11.3. The Balaban J connectivity index is 1.52. The highest BCUT2D eigenvalue weighted by atomic mass is 15.1. The van der Waals surface area contributed by atoms with Crippen LogP contribution in [0.2, 0.25) is 0 Å². The van der Waals surface area contributed by atoms with Crippen LogP contribution in [0.5, 0.6) is 0 Å². The van der Waals surface area contributed by atoms with E-state index in [0.717, 1.165) is 45.0 Å². The van der Waals surface area contributed by atoms with Crippen molar-refractivity contribution in [3.05, 3.63) is 95.6 Å². The summed E-state index contributed by atoms with van der Waals surface area (Å²) in [4.78, 5) is 4.75. The monoisotopic (exact) mass is 416 g/mol. The molecule has 0 amide bonds. The number of imidazole rings is 1. The lowest BCUT2D eigenvalue weighted by atomic mass is 10.1. The largest absolute Gasteiger partial charge is 0.341 e. The van der Waals surface area contributed by atoms with Crippen LogP contribution in [-0.4, -0.2) is 9.38 Å². The third-order valence-corrected chi connectivity index (χ3v) is 5.31. The number of hydrogen-bond acceptors (Lipinski definition) is 5. The minimum absolute atomic E-state index is 0.584. The second-order valence-corrected chi connectivity index (χ2v) is 7.67. The molecular weight excluding hydrogens is 396 g/mol. The Hall–Kier alpha value is -4.50. The summed E-state index contributed by atoms with van der Waals surface area (Å²) in [5.74, 6) is 0.849. The Morgan fingerprint density at radius 3 is 2.31 bits per heavy atom. The summed E-state index contributed by atoms with van der Waals surface area (Å²) < 4.78 is 2.00. The molecule has 0 atom stereocenters. The third kappa shape index (κ3) is 3.57. The molecule has 2 aromatic heterocycles. The zero-order chi connectivity index (χ0) is 22.1. The number of anilines is 2. The van der Waals surface area contributed by atoms with Gasteiger partial charge in [-0.25, -0.2) is 4.98 Å². The van der Waals surface area contributed by atoms with Crippen LogP contribution in [0.15, 0.2) is 89.1 Å². The van der Waals surface area contributed by atoms with Gasteiger partial charge in [0.25, 0.3) is 0 Å². The van der Waals surface area contributed by atoms with Gasteiger partial charge in [0.15, 0.2) is 5.65 Å². The van der Waals surface area contributed by atoms with Crippen LogP contribution >= 0.6 is 0 Å². The zero-order valence-corrected chi connectivity index (χ0v) is 17.7. The molecule has 0 unspecified atom stereocenters. The average molecular weight is 416 g/mol. The van der Waals surface area contributed by atoms with Crippen LogP contribution < -0.4 is 5.32 Å². The van der Waals surface area contributed by atoms with Crippen molar-refractivity contribution in [3.63, 3.8) is 0 Å². The van der Waals surface area contributed by atoms with Gasteiger partial charge < -0.3 is 5.32 Å². The van der Waals surface area contributed by atoms with E-state index < -0.39 is 0 Å². The quantitative estimate of drug-likeness (QED) is 0.316. The van der Waals surface area contributed by atoms with Gasteiger partial charge in [0.1, 0.15) is 11.9 Å². The van der Waals surface area contributed by atoms with E-state index >= 15 is 0 Å². The van der Waals surface area contributed by atoms with Crippen molar-refractivity contribution in [2.45, 2.75) is 13.8 Å². The van der Waals surface area contributed by atoms with Gasteiger partial charge in [0, 0.05) is 5.69 Å². The molecule has 6 nitrogen and oxygen atoms in total. The molecule has 0 fully saturated rings. The number of rotatable bonds is 4. The van der Waals surface area contributed by atoms with Gasteiger partial charge in [0.2, 0.25) is 0 Å². The van der Waals surface area contributed by atoms with Gasteiger partial charge in [-0.05, 0) is 79.6 Å². The van der Waals surface area contributed by atoms with E-state index in [9.17, 15) is 5.26 Å². The molecule has 5 rings (SSSR count). The smallest absolute Gasteiger partial charge is 0.157 e. The lowest BCUT2D eigenvalue weighted by Gasteiger charge is -2.12. The van der Waals surface area contributed by atoms with Gasteiger partial charge in [-0.1, -0.05) is 24.3 Å². The molecule has 1 N–H and O–H groups in total. The van der Waals surface area contributed by atoms with E-state index in [4.69, 9.17) is 4.98 Å². The predicted molar refractivity (Wildman–Crippen MR) is 127 cm³/mol. The standard InChI is InChI=1S/C26H20N6/c1-17-8-13-24-23(14-17)29-26-22(16-27)18(2)15-25(32(24)26)28-19-9-11-21(12-10-19)31-30-20-6-4-3-5-7-20/h3-15,28H,1-2H3. The van der Waals surface area contributed by atoms with Crippen molar-refractivity contribution in [1.82, 2.24) is 9.38 Å². The summed E-state index contributed by atoms with van der Waals surface area (Å²) in [7, 11) is 0. The number of hydrogen-bond donors (Lipinski definition) is 1. The average Bonchev–Trinajstić information content (AvgIpc) is 3.18. The Morgan fingerprint density at radius 1 is 0.875 bits per heavy atom. The second kappa shape index (κ2) is 7.97. The van der Waals surface area contributed by atoms with E-state index in [1.807, 2.05) is 91.0 Å². The van der Waals surface area contributed by atoms with Crippen molar-refractivity contribution >= 4 is 39.6 Å². The zero-order valence-electron chi connectivity index (χ0n) is 17.7. The molecule has 0 spiro atoms. The Morgan fingerprint density at radius 2 is 1.59 bits per heavy atom. The number of azo groups is 1. The minimum atomic E-state index is 0.584. The fourth-order valence-electron chi connectivity index (χ4n) is 3.72. The van der Waals surface area contributed by atoms with Crippen molar-refractivity contribution in [1.29, 1.82) is 5.26 Å². The molecule has 5 aromatic rings. The summed E-state index contributed by atoms with van der Waals surface area (Å²) in [6.45, 7) is 3.97. The summed E-state index contributed by atoms with van der Waals surface area (Å²) in [6, 6.07) is 27.8. The van der Waals surface area contributed by atoms with Crippen LogP contribution in [-0.2, 0) is 0 Å². The third-order valence-electron chi connectivity index (χ3n) is 5.31. The number of benzene rings is 3. The lowest BCUT2D eigenvalue weighted by Crippen LogP contribution is -2.01. The molecule has 0 saturated carbocycles. The Bertz CT molecular complexity index is 1510. The summed E-state index contributed by atoms with van der Waals surface area (Å²) in [5, 5.41) is 21.7. The molecule has 0 bridgehead atoms. The molecule has 6 heteroatoms. The lowest BCUT2D eigenvalue weighted by molar-refractivity contribution is 1.19. The van der Waals surface area contributed by atoms with Crippen LogP contribution in [0, 0.1) is 25.2 Å². The summed E-state index contributed by atoms with van der Waals surface area (Å²) in [6.07, 6.45) is 0. The maximum atomic E-state index is 9.70. The van der Waals surface area contributed by atoms with E-state index in [2.05, 4.69) is 27.7 Å². The van der Waals surface area contributed by atoms with Crippen LogP contribution in [0.4, 0.5) is 22.9 Å². The number of pyridine rings is 1. The predicted octanol–water partition coefficient (Wildman–Crippen LogP) is 7.14. The molecule has 0 radical (unpaired) electrons. The maximum absolute atomic E-state index is 9.70. The molecule has 0 aliphatic rings. The molecule has 0 aliphatic heterocycles. The SMILES string of the molecule is Cc1ccc2c(c1)nc1c(C#N)c(C)cc(Nc3ccc(N=Nc4ccccc4)cc3)n12. The highest BCUT2D eigenvalue weighted by Gasteiger charge is 2.15. The second-order valence-electron chi connectivity index (χ2n) is 7.67. The minimum Gasteiger partial charge on any atom is -0.341 e. The van der Waals surface area contributed by atoms with Gasteiger partial charge in [-0.2, -0.15) is 15.5 Å². The number of aryl methyl sites for hydroxylation is 2. The van der Waals surface area contributed by atoms with Gasteiger partial charge in [-0.15, -0.1) is 0 Å². The van der Waals surface area contributed by atoms with E-state index in [0.29, 0.717) is 11.2 Å². The van der Waals surface area contributed by atoms with Gasteiger partial charge in [-0.3, -0.25) is 4.40 Å². The first-order valence-corrected chi connectivity index (χ1v) is 10.3. The highest BCUT2D eigenvalue weighted by molar-refractivity contribution is 5.86. The fourth-order valence-corrected chi connectivity index (χ4v) is 3.72. The molecular formula is C26H20N6. The fraction of sp³-hybridized carbons (Fsp3) is 0.0769. The number of fused-ring (bicyclic) bond motifs is 3. The number of nitrogens with zero attached hydrogens (tertiary/aromatic N) is 5. The number of nitrogens with one attached hydrogen (secondary N) is 1. The van der Waals surface area contributed by atoms with Gasteiger partial charge in [0.05, 0.1) is 28.0 Å². The van der Waals surface area contributed by atoms with E-state index in [-0.39, 0.29) is 0 Å². The van der Waals surface area contributed by atoms with Gasteiger partial charge >= 0.3 is 0 Å². The maximum Gasteiger partial charge on any atom is 0.157 e. The molecule has 0 aliphatic carbocycles. The number of nitriles is 1. The number of aromatic nitrogens is 2. The molecule has 32 heavy (non-hydrogen) atoms. The van der Waals surface area contributed by atoms with Crippen LogP contribution in [0.3, 0.4) is 0 Å². The topological polar surface area (TPSA) is 77.8 Å². The molecule has 2 heterocycles. The van der Waals surface area contributed by atoms with Crippen LogP contribution in [0.25, 0.3) is 16.7 Å². The van der Waals surface area contributed by atoms with Crippen molar-refractivity contribution in [2.75, 3.05) is 5.32 Å². The van der Waals surface area contributed by atoms with Crippen LogP contribution in [0.1, 0.15) is 16.7 Å². The molecule has 3 aromatic carbocycles. The van der Waals surface area contributed by atoms with Crippen molar-refractivity contribution in [2.24, 2.45) is 10.2 Å². The first kappa shape index (κ1) is 19.5. The Kier molecular flexibility index (Phi) is 4.85. The summed E-state index contributed by atoms with van der Waals surface area (Å²) in [5.41, 5.74) is 7.56. The first-order chi connectivity index (χ1) is 15.6. The summed E-state index contributed by atoms with van der Waals surface area (Å²) >= 11 is 0. The van der Waals surface area contributed by atoms with Crippen molar-refractivity contribution in [3.8, 4) is 6.07 Å².